The van der Waals surface area contributed by atoms with Crippen molar-refractivity contribution < 1.29 is 5.11 Å². The third kappa shape index (κ3) is 1.96. The molecule has 3 N–H and O–H groups in total. The summed E-state index contributed by atoms with van der Waals surface area (Å²) in [6.45, 7) is 2.17. The highest BCUT2D eigenvalue weighted by Crippen LogP contribution is 2.32. The molecule has 1 saturated heterocycles. The second-order valence-electron chi connectivity index (χ2n) is 5.70. The lowest BCUT2D eigenvalue weighted by molar-refractivity contribution is 0.244. The highest BCUT2D eigenvalue weighted by Gasteiger charge is 2.25. The number of hydrogen-bond acceptors (Lipinski definition) is 6. The summed E-state index contributed by atoms with van der Waals surface area (Å²) in [4.78, 5) is 15.4. The van der Waals surface area contributed by atoms with Crippen molar-refractivity contribution in [3.63, 3.8) is 0 Å². The van der Waals surface area contributed by atoms with Gasteiger partial charge in [0.25, 0.3) is 0 Å². The molecule has 0 bridgehead atoms. The fourth-order valence-corrected chi connectivity index (χ4v) is 3.00. The maximum Gasteiger partial charge on any atom is 0.224 e. The van der Waals surface area contributed by atoms with E-state index in [4.69, 9.17) is 5.73 Å². The molecule has 2 aromatic heterocycles. The quantitative estimate of drug-likeness (QED) is 0.808. The van der Waals surface area contributed by atoms with E-state index in [0.717, 1.165) is 36.5 Å². The number of aliphatic hydroxyl groups excluding tert-OH is 1. The average Bonchev–Trinajstić information content (AvgIpc) is 3.01. The first-order chi connectivity index (χ1) is 10.3. The molecule has 1 aliphatic carbocycles. The van der Waals surface area contributed by atoms with Gasteiger partial charge in [0.1, 0.15) is 0 Å². The first kappa shape index (κ1) is 12.6. The van der Waals surface area contributed by atoms with E-state index in [1.54, 1.807) is 6.33 Å². The molecular weight excluding hydrogens is 268 g/mol. The molecular formula is C14H18N6O. The minimum Gasteiger partial charge on any atom is -0.396 e. The molecule has 2 aromatic rings. The molecule has 7 nitrogen and oxygen atoms in total. The maximum atomic E-state index is 9.27. The molecule has 0 amide bonds. The molecule has 3 heterocycles. The highest BCUT2D eigenvalue weighted by atomic mass is 16.3. The Balaban J connectivity index is 1.77. The number of aromatic nitrogens is 4. The smallest absolute Gasteiger partial charge is 0.224 e. The Bertz CT molecular complexity index is 705. The van der Waals surface area contributed by atoms with E-state index < -0.39 is 0 Å². The molecule has 0 aromatic carbocycles. The lowest BCUT2D eigenvalue weighted by Crippen LogP contribution is -2.38. The summed E-state index contributed by atoms with van der Waals surface area (Å²) in [6.07, 6.45) is 8.00. The molecule has 2 unspecified atom stereocenters. The SMILES string of the molecule is Nc1nc(N2CCC2)c2ncn(C3C=CC(CO)C3)c2n1. The van der Waals surface area contributed by atoms with Crippen LogP contribution < -0.4 is 10.6 Å². The second kappa shape index (κ2) is 4.70. The van der Waals surface area contributed by atoms with Gasteiger partial charge in [-0.15, -0.1) is 0 Å². The van der Waals surface area contributed by atoms with E-state index >= 15 is 0 Å². The van der Waals surface area contributed by atoms with Gasteiger partial charge in [0.05, 0.1) is 12.4 Å². The molecule has 21 heavy (non-hydrogen) atoms. The van der Waals surface area contributed by atoms with Gasteiger partial charge in [0, 0.05) is 25.6 Å². The molecule has 4 rings (SSSR count). The van der Waals surface area contributed by atoms with Crippen molar-refractivity contribution in [1.29, 1.82) is 0 Å². The van der Waals surface area contributed by atoms with Crippen molar-refractivity contribution in [2.75, 3.05) is 30.3 Å². The van der Waals surface area contributed by atoms with E-state index in [2.05, 4.69) is 32.0 Å². The van der Waals surface area contributed by atoms with Crippen molar-refractivity contribution in [2.24, 2.45) is 5.92 Å². The van der Waals surface area contributed by atoms with Gasteiger partial charge in [-0.1, -0.05) is 12.2 Å². The van der Waals surface area contributed by atoms with Crippen LogP contribution in [0.1, 0.15) is 18.9 Å². The predicted octanol–water partition coefficient (Wildman–Crippen LogP) is 0.728. The van der Waals surface area contributed by atoms with Crippen LogP contribution in [0.2, 0.25) is 0 Å². The molecule has 2 aliphatic rings. The lowest BCUT2D eigenvalue weighted by atomic mass is 10.1. The number of rotatable bonds is 3. The number of hydrogen-bond donors (Lipinski definition) is 2. The first-order valence-corrected chi connectivity index (χ1v) is 7.30. The summed E-state index contributed by atoms with van der Waals surface area (Å²) in [5.74, 6) is 1.33. The summed E-state index contributed by atoms with van der Waals surface area (Å²) in [5, 5.41) is 9.27. The Labute approximate surface area is 122 Å². The van der Waals surface area contributed by atoms with Gasteiger partial charge in [-0.05, 0) is 12.8 Å². The van der Waals surface area contributed by atoms with E-state index in [9.17, 15) is 5.11 Å². The fourth-order valence-electron chi connectivity index (χ4n) is 3.00. The van der Waals surface area contributed by atoms with Crippen molar-refractivity contribution in [2.45, 2.75) is 18.9 Å². The first-order valence-electron chi connectivity index (χ1n) is 7.30. The van der Waals surface area contributed by atoms with Gasteiger partial charge in [0.15, 0.2) is 17.0 Å². The molecule has 0 spiro atoms. The monoisotopic (exact) mass is 286 g/mol. The highest BCUT2D eigenvalue weighted by molar-refractivity contribution is 5.85. The Morgan fingerprint density at radius 3 is 2.81 bits per heavy atom. The standard InChI is InChI=1S/C14H18N6O/c15-14-17-12(19-4-1-5-19)11-13(18-14)20(8-16-11)10-3-2-9(6-10)7-21/h2-3,8-10,21H,1,4-7H2,(H2,15,17,18). The van der Waals surface area contributed by atoms with Gasteiger partial charge < -0.3 is 20.3 Å². The largest absolute Gasteiger partial charge is 0.396 e. The molecule has 1 aliphatic heterocycles. The van der Waals surface area contributed by atoms with Crippen molar-refractivity contribution in [3.8, 4) is 0 Å². The van der Waals surface area contributed by atoms with Gasteiger partial charge in [0.2, 0.25) is 5.95 Å². The molecule has 2 atom stereocenters. The zero-order valence-corrected chi connectivity index (χ0v) is 11.7. The zero-order valence-electron chi connectivity index (χ0n) is 11.7. The average molecular weight is 286 g/mol. The summed E-state index contributed by atoms with van der Waals surface area (Å²) in [5.41, 5.74) is 7.46. The number of aliphatic hydroxyl groups is 1. The minimum absolute atomic E-state index is 0.172. The van der Waals surface area contributed by atoms with E-state index in [0.29, 0.717) is 0 Å². The van der Waals surface area contributed by atoms with Crippen LogP contribution in [-0.2, 0) is 0 Å². The summed E-state index contributed by atoms with van der Waals surface area (Å²) < 4.78 is 2.03. The van der Waals surface area contributed by atoms with Crippen molar-refractivity contribution in [3.05, 3.63) is 18.5 Å². The summed E-state index contributed by atoms with van der Waals surface area (Å²) >= 11 is 0. The van der Waals surface area contributed by atoms with Gasteiger partial charge in [-0.3, -0.25) is 0 Å². The van der Waals surface area contributed by atoms with E-state index in [1.807, 2.05) is 4.57 Å². The predicted molar refractivity (Wildman–Crippen MR) is 79.9 cm³/mol. The molecule has 0 radical (unpaired) electrons. The fraction of sp³-hybridized carbons (Fsp3) is 0.500. The number of imidazole rings is 1. The number of anilines is 2. The maximum absolute atomic E-state index is 9.27. The number of nitrogens with two attached hydrogens (primary N) is 1. The van der Waals surface area contributed by atoms with Crippen molar-refractivity contribution in [1.82, 2.24) is 19.5 Å². The zero-order chi connectivity index (χ0) is 14.4. The summed E-state index contributed by atoms with van der Waals surface area (Å²) in [6, 6.07) is 0.172. The number of allylic oxidation sites excluding steroid dienone is 1. The van der Waals surface area contributed by atoms with Crippen LogP contribution in [0.15, 0.2) is 18.5 Å². The number of nitrogen functional groups attached to an aromatic ring is 1. The number of fused-ring (bicyclic) bond motifs is 1. The Kier molecular flexibility index (Phi) is 2.81. The Morgan fingerprint density at radius 2 is 2.14 bits per heavy atom. The Morgan fingerprint density at radius 1 is 1.29 bits per heavy atom. The van der Waals surface area contributed by atoms with Crippen LogP contribution in [0.3, 0.4) is 0 Å². The minimum atomic E-state index is 0.172. The lowest BCUT2D eigenvalue weighted by Gasteiger charge is -2.32. The van der Waals surface area contributed by atoms with Gasteiger partial charge in [-0.2, -0.15) is 9.97 Å². The van der Waals surface area contributed by atoms with Gasteiger partial charge >= 0.3 is 0 Å². The molecule has 7 heteroatoms. The molecule has 110 valence electrons. The third-order valence-corrected chi connectivity index (χ3v) is 4.32. The summed E-state index contributed by atoms with van der Waals surface area (Å²) in [7, 11) is 0. The topological polar surface area (TPSA) is 93.1 Å². The van der Waals surface area contributed by atoms with Crippen LogP contribution in [-0.4, -0.2) is 44.3 Å². The third-order valence-electron chi connectivity index (χ3n) is 4.32. The molecule has 1 fully saturated rings. The Hall–Kier alpha value is -2.15. The van der Waals surface area contributed by atoms with Crippen LogP contribution in [0, 0.1) is 5.92 Å². The van der Waals surface area contributed by atoms with Gasteiger partial charge in [-0.25, -0.2) is 4.98 Å². The molecule has 0 saturated carbocycles. The van der Waals surface area contributed by atoms with Crippen LogP contribution >= 0.6 is 0 Å². The van der Waals surface area contributed by atoms with Crippen LogP contribution in [0.25, 0.3) is 11.2 Å². The van der Waals surface area contributed by atoms with E-state index in [1.165, 1.54) is 6.42 Å². The van der Waals surface area contributed by atoms with E-state index in [-0.39, 0.29) is 24.5 Å². The number of nitrogens with zero attached hydrogens (tertiary/aromatic N) is 5. The van der Waals surface area contributed by atoms with Crippen molar-refractivity contribution >= 4 is 22.9 Å². The second-order valence-corrected chi connectivity index (χ2v) is 5.70. The van der Waals surface area contributed by atoms with Crippen LogP contribution in [0.5, 0.6) is 0 Å². The van der Waals surface area contributed by atoms with Crippen LogP contribution in [0.4, 0.5) is 11.8 Å². The normalized spacial score (nSPS) is 24.7.